The summed E-state index contributed by atoms with van der Waals surface area (Å²) in [6, 6.07) is 12.0. The van der Waals surface area contributed by atoms with Crippen LogP contribution in [-0.2, 0) is 19.1 Å². The number of para-hydroxylation sites is 1. The van der Waals surface area contributed by atoms with Crippen molar-refractivity contribution in [2.45, 2.75) is 6.92 Å². The fraction of sp³-hybridized carbons (Fsp3) is 0.217. The summed E-state index contributed by atoms with van der Waals surface area (Å²) in [5.74, 6) is -0.485. The molecule has 0 spiro atoms. The molecule has 33 heavy (non-hydrogen) atoms. The molecular weight excluding hydrogens is 464 g/mol. The largest absolute Gasteiger partial charge is 0.497 e. The van der Waals surface area contributed by atoms with Gasteiger partial charge < -0.3 is 14.2 Å². The zero-order chi connectivity index (χ0) is 23.7. The fourth-order valence-electron chi connectivity index (χ4n) is 3.69. The summed E-state index contributed by atoms with van der Waals surface area (Å²) >= 11 is 6.54. The van der Waals surface area contributed by atoms with Crippen LogP contribution >= 0.6 is 24.0 Å². The van der Waals surface area contributed by atoms with Crippen LogP contribution in [0.1, 0.15) is 12.5 Å². The van der Waals surface area contributed by atoms with E-state index < -0.39 is 17.8 Å². The maximum atomic E-state index is 13.6. The van der Waals surface area contributed by atoms with Gasteiger partial charge in [-0.1, -0.05) is 42.2 Å². The lowest BCUT2D eigenvalue weighted by Gasteiger charge is -2.18. The van der Waals surface area contributed by atoms with Crippen molar-refractivity contribution in [1.29, 1.82) is 0 Å². The van der Waals surface area contributed by atoms with Crippen LogP contribution in [0.25, 0.3) is 5.57 Å². The first-order valence-electron chi connectivity index (χ1n) is 10.0. The molecule has 0 aliphatic carbocycles. The monoisotopic (exact) mass is 484 g/mol. The number of rotatable bonds is 6. The molecule has 4 rings (SSSR count). The predicted octanol–water partition coefficient (Wildman–Crippen LogP) is 3.39. The van der Waals surface area contributed by atoms with Gasteiger partial charge in [-0.15, -0.1) is 0 Å². The molecule has 2 amide bonds. The van der Waals surface area contributed by atoms with Gasteiger partial charge in [-0.2, -0.15) is 0 Å². The van der Waals surface area contributed by atoms with Gasteiger partial charge in [0.15, 0.2) is 4.32 Å². The van der Waals surface area contributed by atoms with Gasteiger partial charge in [0.1, 0.15) is 18.0 Å². The molecule has 0 N–H and O–H groups in total. The summed E-state index contributed by atoms with van der Waals surface area (Å²) in [6.07, 6.45) is 0. The summed E-state index contributed by atoms with van der Waals surface area (Å²) < 4.78 is 16.0. The minimum absolute atomic E-state index is 0.189. The van der Waals surface area contributed by atoms with Crippen LogP contribution in [0.15, 0.2) is 47.4 Å². The third-order valence-corrected chi connectivity index (χ3v) is 6.51. The highest BCUT2D eigenvalue weighted by atomic mass is 32.2. The molecule has 1 fully saturated rings. The van der Waals surface area contributed by atoms with Crippen LogP contribution in [0.3, 0.4) is 0 Å². The molecule has 2 aliphatic rings. The van der Waals surface area contributed by atoms with Crippen LogP contribution in [-0.4, -0.2) is 49.5 Å². The number of amides is 2. The first-order valence-corrected chi connectivity index (χ1v) is 11.2. The molecule has 0 bridgehead atoms. The molecule has 2 aliphatic heterocycles. The number of thioether (sulfide) groups is 1. The van der Waals surface area contributed by atoms with Gasteiger partial charge in [0.05, 0.1) is 42.7 Å². The molecule has 2 heterocycles. The van der Waals surface area contributed by atoms with Gasteiger partial charge in [0.25, 0.3) is 11.8 Å². The van der Waals surface area contributed by atoms with Crippen molar-refractivity contribution in [3.05, 3.63) is 52.9 Å². The molecule has 2 aromatic rings. The third kappa shape index (κ3) is 3.96. The smallest absolute Gasteiger partial charge is 0.326 e. The molecule has 1 saturated heterocycles. The molecule has 2 aromatic carbocycles. The van der Waals surface area contributed by atoms with Crippen molar-refractivity contribution in [2.24, 2.45) is 0 Å². The van der Waals surface area contributed by atoms with E-state index >= 15 is 0 Å². The second kappa shape index (κ2) is 9.24. The average Bonchev–Trinajstić information content (AvgIpc) is 3.25. The molecular formula is C23H20N2O6S2. The summed E-state index contributed by atoms with van der Waals surface area (Å²) in [5.41, 5.74) is 1.72. The van der Waals surface area contributed by atoms with Gasteiger partial charge in [-0.05, 0) is 25.1 Å². The zero-order valence-corrected chi connectivity index (χ0v) is 19.7. The highest BCUT2D eigenvalue weighted by Crippen LogP contribution is 2.47. The van der Waals surface area contributed by atoms with Crippen molar-refractivity contribution in [3.63, 3.8) is 0 Å². The van der Waals surface area contributed by atoms with E-state index in [1.807, 2.05) is 0 Å². The molecule has 10 heteroatoms. The Morgan fingerprint density at radius 2 is 1.79 bits per heavy atom. The lowest BCUT2D eigenvalue weighted by atomic mass is 10.1. The molecule has 170 valence electrons. The van der Waals surface area contributed by atoms with Gasteiger partial charge in [0, 0.05) is 11.6 Å². The number of benzene rings is 2. The predicted molar refractivity (Wildman–Crippen MR) is 130 cm³/mol. The number of carbonyl (C=O) groups excluding carboxylic acids is 3. The number of fused-ring (bicyclic) bond motifs is 1. The van der Waals surface area contributed by atoms with E-state index in [1.54, 1.807) is 49.4 Å². The van der Waals surface area contributed by atoms with Gasteiger partial charge >= 0.3 is 5.97 Å². The van der Waals surface area contributed by atoms with E-state index in [2.05, 4.69) is 0 Å². The Bertz CT molecular complexity index is 1210. The van der Waals surface area contributed by atoms with E-state index in [4.69, 9.17) is 26.4 Å². The number of thiocarbonyl (C=S) groups is 1. The Kier molecular flexibility index (Phi) is 6.39. The van der Waals surface area contributed by atoms with Crippen LogP contribution in [0.2, 0.25) is 0 Å². The number of ether oxygens (including phenoxy) is 3. The van der Waals surface area contributed by atoms with Crippen molar-refractivity contribution < 1.29 is 28.6 Å². The quantitative estimate of drug-likeness (QED) is 0.351. The summed E-state index contributed by atoms with van der Waals surface area (Å²) in [6.45, 7) is 1.65. The Balaban J connectivity index is 1.79. The Hall–Kier alpha value is -3.37. The second-order valence-electron chi connectivity index (χ2n) is 6.96. The molecule has 0 unspecified atom stereocenters. The Morgan fingerprint density at radius 1 is 1.03 bits per heavy atom. The van der Waals surface area contributed by atoms with Crippen molar-refractivity contribution in [1.82, 2.24) is 0 Å². The first-order chi connectivity index (χ1) is 15.9. The van der Waals surface area contributed by atoms with Crippen molar-refractivity contribution in [2.75, 3.05) is 37.2 Å². The minimum Gasteiger partial charge on any atom is -0.497 e. The number of esters is 1. The van der Waals surface area contributed by atoms with Crippen LogP contribution in [0.4, 0.5) is 11.4 Å². The average molecular weight is 485 g/mol. The zero-order valence-electron chi connectivity index (χ0n) is 18.1. The standard InChI is InChI=1S/C23H20N2O6S2/c1-4-31-18(26)12-24-15-8-6-5-7-14(15)19(21(24)27)20-22(28)25(23(32)33-20)16-11-13(29-2)9-10-17(16)30-3/h5-11H,4,12H2,1-3H3. The topological polar surface area (TPSA) is 85.4 Å². The molecule has 0 radical (unpaired) electrons. The van der Waals surface area contributed by atoms with Gasteiger partial charge in [0.2, 0.25) is 0 Å². The third-order valence-electron chi connectivity index (χ3n) is 5.14. The number of methoxy groups -OCH3 is 2. The van der Waals surface area contributed by atoms with E-state index in [9.17, 15) is 14.4 Å². The lowest BCUT2D eigenvalue weighted by molar-refractivity contribution is -0.142. The highest BCUT2D eigenvalue weighted by Gasteiger charge is 2.43. The van der Waals surface area contributed by atoms with Crippen LogP contribution in [0.5, 0.6) is 11.5 Å². The summed E-state index contributed by atoms with van der Waals surface area (Å²) in [7, 11) is 3.01. The molecule has 8 nitrogen and oxygen atoms in total. The van der Waals surface area contributed by atoms with Gasteiger partial charge in [-0.25, -0.2) is 0 Å². The van der Waals surface area contributed by atoms with Gasteiger partial charge in [-0.3, -0.25) is 24.2 Å². The maximum Gasteiger partial charge on any atom is 0.326 e. The number of carbonyl (C=O) groups is 3. The molecule has 0 aromatic heterocycles. The fourth-order valence-corrected chi connectivity index (χ4v) is 5.05. The van der Waals surface area contributed by atoms with E-state index in [0.29, 0.717) is 28.4 Å². The van der Waals surface area contributed by atoms with E-state index in [0.717, 1.165) is 11.8 Å². The van der Waals surface area contributed by atoms with Crippen molar-refractivity contribution >= 4 is 63.0 Å². The molecule has 0 saturated carbocycles. The van der Waals surface area contributed by atoms with E-state index in [1.165, 1.54) is 24.0 Å². The Labute approximate surface area is 200 Å². The van der Waals surface area contributed by atoms with Crippen LogP contribution < -0.4 is 19.3 Å². The Morgan fingerprint density at radius 3 is 2.48 bits per heavy atom. The minimum atomic E-state index is -0.532. The van der Waals surface area contributed by atoms with Crippen LogP contribution in [0, 0.1) is 0 Å². The lowest BCUT2D eigenvalue weighted by Crippen LogP contribution is -2.34. The number of hydrogen-bond donors (Lipinski definition) is 0. The number of hydrogen-bond acceptors (Lipinski definition) is 8. The normalized spacial score (nSPS) is 17.5. The van der Waals surface area contributed by atoms with Crippen molar-refractivity contribution in [3.8, 4) is 11.5 Å². The summed E-state index contributed by atoms with van der Waals surface area (Å²) in [5, 5.41) is 0. The highest BCUT2D eigenvalue weighted by molar-refractivity contribution is 8.27. The first kappa shape index (κ1) is 22.8. The number of nitrogens with zero attached hydrogens (tertiary/aromatic N) is 2. The summed E-state index contributed by atoms with van der Waals surface area (Å²) in [4.78, 5) is 41.9. The molecule has 0 atom stereocenters. The second-order valence-corrected chi connectivity index (χ2v) is 8.61. The number of anilines is 2. The SMILES string of the molecule is CCOC(=O)CN1C(=O)C(=C2SC(=S)N(c3cc(OC)ccc3OC)C2=O)c2ccccc21. The maximum absolute atomic E-state index is 13.6. The van der Waals surface area contributed by atoms with E-state index in [-0.39, 0.29) is 28.0 Å².